The smallest absolute Gasteiger partial charge is 0.233 e. The summed E-state index contributed by atoms with van der Waals surface area (Å²) in [6.07, 6.45) is 8.70. The highest BCUT2D eigenvalue weighted by atomic mass is 32.2. The van der Waals surface area contributed by atoms with Crippen molar-refractivity contribution in [2.24, 2.45) is 17.8 Å². The van der Waals surface area contributed by atoms with Crippen LogP contribution in [0.2, 0.25) is 0 Å². The summed E-state index contributed by atoms with van der Waals surface area (Å²) in [6.45, 7) is 3.40. The van der Waals surface area contributed by atoms with Crippen LogP contribution in [0.3, 0.4) is 0 Å². The summed E-state index contributed by atoms with van der Waals surface area (Å²) in [7, 11) is 0. The van der Waals surface area contributed by atoms with Crippen LogP contribution in [-0.4, -0.2) is 29.9 Å². The third-order valence-corrected chi connectivity index (χ3v) is 7.92. The first kappa shape index (κ1) is 17.7. The molecule has 5 heteroatoms. The molecule has 0 spiro atoms. The van der Waals surface area contributed by atoms with Crippen molar-refractivity contribution < 1.29 is 14.3 Å². The number of fused-ring (bicyclic) bond motifs is 1. The average Bonchev–Trinajstić information content (AvgIpc) is 2.85. The van der Waals surface area contributed by atoms with Crippen LogP contribution in [0, 0.1) is 17.8 Å². The van der Waals surface area contributed by atoms with Crippen molar-refractivity contribution in [3.8, 4) is 11.5 Å². The summed E-state index contributed by atoms with van der Waals surface area (Å²) in [6, 6.07) is 6.01. The lowest BCUT2D eigenvalue weighted by molar-refractivity contribution is -0.126. The molecule has 6 rings (SSSR count). The van der Waals surface area contributed by atoms with Gasteiger partial charge in [0.15, 0.2) is 11.5 Å². The molecule has 4 fully saturated rings. The molecule has 1 amide bonds. The van der Waals surface area contributed by atoms with E-state index in [9.17, 15) is 4.79 Å². The van der Waals surface area contributed by atoms with Crippen LogP contribution in [0.25, 0.3) is 0 Å². The molecule has 1 heterocycles. The quantitative estimate of drug-likeness (QED) is 0.777. The van der Waals surface area contributed by atoms with Gasteiger partial charge in [-0.05, 0) is 81.4 Å². The summed E-state index contributed by atoms with van der Waals surface area (Å²) < 4.78 is 11.5. The fourth-order valence-corrected chi connectivity index (χ4v) is 7.00. The molecule has 1 aliphatic heterocycles. The molecule has 4 saturated carbocycles. The summed E-state index contributed by atoms with van der Waals surface area (Å²) in [5.74, 6) is 4.34. The Morgan fingerprint density at radius 2 is 1.70 bits per heavy atom. The second-order valence-electron chi connectivity index (χ2n) is 9.11. The number of benzene rings is 1. The molecule has 4 nitrogen and oxygen atoms in total. The highest BCUT2D eigenvalue weighted by Gasteiger charge is 2.51. The van der Waals surface area contributed by atoms with E-state index in [0.717, 1.165) is 40.6 Å². The second-order valence-corrected chi connectivity index (χ2v) is 10.5. The van der Waals surface area contributed by atoms with Crippen molar-refractivity contribution >= 4 is 17.7 Å². The number of ether oxygens (including phenoxy) is 2. The molecule has 4 aliphatic carbocycles. The lowest BCUT2D eigenvalue weighted by Crippen LogP contribution is -2.60. The molecular formula is C22H29NO3S. The van der Waals surface area contributed by atoms with Crippen LogP contribution in [0.15, 0.2) is 23.1 Å². The van der Waals surface area contributed by atoms with E-state index in [1.165, 1.54) is 38.5 Å². The van der Waals surface area contributed by atoms with E-state index in [-0.39, 0.29) is 16.7 Å². The van der Waals surface area contributed by atoms with Gasteiger partial charge in [-0.15, -0.1) is 11.8 Å². The highest BCUT2D eigenvalue weighted by molar-refractivity contribution is 8.00. The summed E-state index contributed by atoms with van der Waals surface area (Å²) in [4.78, 5) is 14.1. The van der Waals surface area contributed by atoms with Gasteiger partial charge in [-0.2, -0.15) is 0 Å². The van der Waals surface area contributed by atoms with Crippen molar-refractivity contribution in [3.63, 3.8) is 0 Å². The van der Waals surface area contributed by atoms with E-state index in [0.29, 0.717) is 13.2 Å². The van der Waals surface area contributed by atoms with Crippen molar-refractivity contribution in [3.05, 3.63) is 18.2 Å². The van der Waals surface area contributed by atoms with Crippen LogP contribution in [0.1, 0.15) is 51.9 Å². The Hall–Kier alpha value is -1.36. The van der Waals surface area contributed by atoms with Crippen molar-refractivity contribution in [1.29, 1.82) is 0 Å². The number of hydrogen-bond donors (Lipinski definition) is 1. The van der Waals surface area contributed by atoms with Crippen LogP contribution < -0.4 is 14.8 Å². The average molecular weight is 388 g/mol. The largest absolute Gasteiger partial charge is 0.490 e. The minimum absolute atomic E-state index is 0.0887. The van der Waals surface area contributed by atoms with E-state index in [4.69, 9.17) is 9.47 Å². The van der Waals surface area contributed by atoms with Gasteiger partial charge in [-0.1, -0.05) is 0 Å². The molecule has 0 radical (unpaired) electrons. The minimum Gasteiger partial charge on any atom is -0.490 e. The molecule has 1 N–H and O–H groups in total. The third kappa shape index (κ3) is 3.55. The van der Waals surface area contributed by atoms with Crippen molar-refractivity contribution in [2.75, 3.05) is 13.2 Å². The molecule has 1 aromatic rings. The molecule has 4 bridgehead atoms. The van der Waals surface area contributed by atoms with Gasteiger partial charge in [0, 0.05) is 16.9 Å². The standard InChI is InChI=1S/C22H29NO3S/c1-14(27-18-3-4-19-20(10-18)26-6-2-5-25-19)21(24)23-22-11-15-7-16(12-22)9-17(8-15)13-22/h3-4,10,14-17H,2,5-9,11-13H2,1H3,(H,23,24)/t14-,15?,16?,17?,22?/m1/s1. The van der Waals surface area contributed by atoms with Gasteiger partial charge < -0.3 is 14.8 Å². The Bertz CT molecular complexity index is 699. The summed E-state index contributed by atoms with van der Waals surface area (Å²) in [5, 5.41) is 3.39. The maximum absolute atomic E-state index is 13.0. The van der Waals surface area contributed by atoms with Crippen LogP contribution in [0.4, 0.5) is 0 Å². The van der Waals surface area contributed by atoms with Gasteiger partial charge in [0.2, 0.25) is 5.91 Å². The fraction of sp³-hybridized carbons (Fsp3) is 0.682. The third-order valence-electron chi connectivity index (χ3n) is 6.83. The van der Waals surface area contributed by atoms with E-state index in [1.807, 2.05) is 25.1 Å². The topological polar surface area (TPSA) is 47.6 Å². The number of amides is 1. The van der Waals surface area contributed by atoms with Gasteiger partial charge in [0.05, 0.1) is 18.5 Å². The summed E-state index contributed by atoms with van der Waals surface area (Å²) in [5.41, 5.74) is 0.0887. The number of rotatable bonds is 4. The second kappa shape index (κ2) is 6.91. The highest BCUT2D eigenvalue weighted by Crippen LogP contribution is 2.55. The van der Waals surface area contributed by atoms with Gasteiger partial charge in [0.25, 0.3) is 0 Å². The Labute approximate surface area is 165 Å². The first-order chi connectivity index (χ1) is 13.1. The number of thioether (sulfide) groups is 1. The molecular weight excluding hydrogens is 358 g/mol. The number of carbonyl (C=O) groups is 1. The first-order valence-electron chi connectivity index (χ1n) is 10.5. The Morgan fingerprint density at radius 3 is 2.37 bits per heavy atom. The van der Waals surface area contributed by atoms with E-state index in [2.05, 4.69) is 5.32 Å². The normalized spacial score (nSPS) is 34.8. The molecule has 27 heavy (non-hydrogen) atoms. The zero-order valence-electron chi connectivity index (χ0n) is 16.0. The maximum atomic E-state index is 13.0. The SMILES string of the molecule is C[C@@H](Sc1ccc2c(c1)OCCCO2)C(=O)NC12CC3CC(CC(C3)C1)C2. The van der Waals surface area contributed by atoms with E-state index >= 15 is 0 Å². The number of hydrogen-bond acceptors (Lipinski definition) is 4. The van der Waals surface area contributed by atoms with Gasteiger partial charge >= 0.3 is 0 Å². The van der Waals surface area contributed by atoms with Gasteiger partial charge in [-0.3, -0.25) is 4.79 Å². The molecule has 5 aliphatic rings. The summed E-state index contributed by atoms with van der Waals surface area (Å²) >= 11 is 1.61. The first-order valence-corrected chi connectivity index (χ1v) is 11.3. The molecule has 0 saturated heterocycles. The maximum Gasteiger partial charge on any atom is 0.233 e. The zero-order valence-corrected chi connectivity index (χ0v) is 16.9. The lowest BCUT2D eigenvalue weighted by atomic mass is 9.53. The Morgan fingerprint density at radius 1 is 1.07 bits per heavy atom. The number of nitrogens with one attached hydrogen (secondary N) is 1. The predicted molar refractivity (Wildman–Crippen MR) is 106 cm³/mol. The van der Waals surface area contributed by atoms with Gasteiger partial charge in [-0.25, -0.2) is 0 Å². The number of carbonyl (C=O) groups excluding carboxylic acids is 1. The zero-order chi connectivity index (χ0) is 18.4. The fourth-order valence-electron chi connectivity index (χ4n) is 6.10. The van der Waals surface area contributed by atoms with E-state index in [1.54, 1.807) is 11.8 Å². The predicted octanol–water partition coefficient (Wildman–Crippen LogP) is 4.41. The monoisotopic (exact) mass is 387 g/mol. The molecule has 1 atom stereocenters. The molecule has 0 unspecified atom stereocenters. The molecule has 146 valence electrons. The van der Waals surface area contributed by atoms with Gasteiger partial charge in [0.1, 0.15) is 0 Å². The van der Waals surface area contributed by atoms with Crippen LogP contribution in [-0.2, 0) is 4.79 Å². The Balaban J connectivity index is 1.24. The van der Waals surface area contributed by atoms with Crippen LogP contribution >= 0.6 is 11.8 Å². The van der Waals surface area contributed by atoms with Crippen LogP contribution in [0.5, 0.6) is 11.5 Å². The Kier molecular flexibility index (Phi) is 4.53. The molecule has 0 aromatic heterocycles. The van der Waals surface area contributed by atoms with Crippen molar-refractivity contribution in [1.82, 2.24) is 5.32 Å². The lowest BCUT2D eigenvalue weighted by Gasteiger charge is -2.57. The van der Waals surface area contributed by atoms with Crippen molar-refractivity contribution in [2.45, 2.75) is 67.6 Å². The molecule has 1 aromatic carbocycles. The van der Waals surface area contributed by atoms with E-state index < -0.39 is 0 Å². The minimum atomic E-state index is -0.109.